The lowest BCUT2D eigenvalue weighted by Crippen LogP contribution is -2.29. The highest BCUT2D eigenvalue weighted by atomic mass is 16.5. The fourth-order valence-electron chi connectivity index (χ4n) is 2.82. The maximum atomic E-state index is 11.7. The maximum absolute atomic E-state index is 11.7. The van der Waals surface area contributed by atoms with Gasteiger partial charge in [-0.05, 0) is 63.3 Å². The van der Waals surface area contributed by atoms with E-state index in [4.69, 9.17) is 14.6 Å². The monoisotopic (exact) mass is 306 g/mol. The standard InChI is InChI=1S/C17H22O5/c1-3-21-17(20)12-4-6-13(7-5-12)22-14-8-9-15(16(18)19)11(2)10-14/h8-10,12-13H,3-7H2,1-2H3,(H,18,19)/t12-,13+. The number of carbonyl (C=O) groups excluding carboxylic acids is 1. The van der Waals surface area contributed by atoms with Crippen molar-refractivity contribution in [3.8, 4) is 5.75 Å². The molecule has 5 nitrogen and oxygen atoms in total. The van der Waals surface area contributed by atoms with Crippen molar-refractivity contribution in [3.63, 3.8) is 0 Å². The first-order valence-corrected chi connectivity index (χ1v) is 7.68. The van der Waals surface area contributed by atoms with Crippen LogP contribution in [0.4, 0.5) is 0 Å². The number of aromatic carboxylic acids is 1. The van der Waals surface area contributed by atoms with E-state index in [9.17, 15) is 9.59 Å². The van der Waals surface area contributed by atoms with Gasteiger partial charge in [0, 0.05) is 0 Å². The van der Waals surface area contributed by atoms with E-state index in [1.165, 1.54) is 0 Å². The van der Waals surface area contributed by atoms with E-state index >= 15 is 0 Å². The largest absolute Gasteiger partial charge is 0.490 e. The predicted molar refractivity (Wildman–Crippen MR) is 81.1 cm³/mol. The van der Waals surface area contributed by atoms with Gasteiger partial charge in [-0.1, -0.05) is 0 Å². The van der Waals surface area contributed by atoms with Gasteiger partial charge in [0.05, 0.1) is 24.2 Å². The molecule has 1 fully saturated rings. The van der Waals surface area contributed by atoms with Gasteiger partial charge in [0.15, 0.2) is 0 Å². The first-order chi connectivity index (χ1) is 10.5. The molecule has 0 unspecified atom stereocenters. The van der Waals surface area contributed by atoms with Crippen LogP contribution in [-0.2, 0) is 9.53 Å². The summed E-state index contributed by atoms with van der Waals surface area (Å²) in [6.45, 7) is 3.99. The molecule has 2 rings (SSSR count). The van der Waals surface area contributed by atoms with Crippen LogP contribution in [0.1, 0.15) is 48.5 Å². The summed E-state index contributed by atoms with van der Waals surface area (Å²) in [6.07, 6.45) is 3.23. The molecule has 1 aliphatic rings. The maximum Gasteiger partial charge on any atom is 0.335 e. The quantitative estimate of drug-likeness (QED) is 0.846. The van der Waals surface area contributed by atoms with E-state index < -0.39 is 5.97 Å². The molecule has 1 aliphatic carbocycles. The molecule has 1 saturated carbocycles. The lowest BCUT2D eigenvalue weighted by Gasteiger charge is -2.27. The number of carbonyl (C=O) groups is 2. The Morgan fingerprint density at radius 3 is 2.45 bits per heavy atom. The van der Waals surface area contributed by atoms with E-state index in [1.807, 2.05) is 6.92 Å². The van der Waals surface area contributed by atoms with Gasteiger partial charge in [0.2, 0.25) is 0 Å². The molecular formula is C17H22O5. The van der Waals surface area contributed by atoms with Gasteiger partial charge in [-0.15, -0.1) is 0 Å². The molecule has 0 heterocycles. The number of rotatable bonds is 5. The van der Waals surface area contributed by atoms with E-state index in [0.29, 0.717) is 23.5 Å². The first kappa shape index (κ1) is 16.3. The third kappa shape index (κ3) is 4.00. The Hall–Kier alpha value is -2.04. The van der Waals surface area contributed by atoms with Crippen LogP contribution in [0, 0.1) is 12.8 Å². The van der Waals surface area contributed by atoms with Crippen LogP contribution >= 0.6 is 0 Å². The van der Waals surface area contributed by atoms with Gasteiger partial charge in [-0.25, -0.2) is 4.79 Å². The highest BCUT2D eigenvalue weighted by molar-refractivity contribution is 5.89. The Kier molecular flexibility index (Phi) is 5.41. The average Bonchev–Trinajstić information content (AvgIpc) is 2.48. The lowest BCUT2D eigenvalue weighted by molar-refractivity contribution is -0.149. The highest BCUT2D eigenvalue weighted by Crippen LogP contribution is 2.29. The van der Waals surface area contributed by atoms with Crippen LogP contribution in [-0.4, -0.2) is 29.8 Å². The molecule has 0 radical (unpaired) electrons. The van der Waals surface area contributed by atoms with E-state index in [2.05, 4.69) is 0 Å². The van der Waals surface area contributed by atoms with Gasteiger partial charge in [0.1, 0.15) is 5.75 Å². The summed E-state index contributed by atoms with van der Waals surface area (Å²) in [7, 11) is 0. The summed E-state index contributed by atoms with van der Waals surface area (Å²) in [5.74, 6) is -0.375. The summed E-state index contributed by atoms with van der Waals surface area (Å²) in [5, 5.41) is 9.02. The molecule has 1 N–H and O–H groups in total. The van der Waals surface area contributed by atoms with Crippen molar-refractivity contribution in [2.45, 2.75) is 45.6 Å². The van der Waals surface area contributed by atoms with Crippen molar-refractivity contribution in [2.75, 3.05) is 6.61 Å². The minimum absolute atomic E-state index is 0.0177. The normalized spacial score (nSPS) is 21.2. The number of carboxylic acid groups (broad SMARTS) is 1. The Bertz CT molecular complexity index is 544. The zero-order chi connectivity index (χ0) is 16.1. The van der Waals surface area contributed by atoms with Gasteiger partial charge >= 0.3 is 11.9 Å². The van der Waals surface area contributed by atoms with Crippen LogP contribution in [0.2, 0.25) is 0 Å². The minimum Gasteiger partial charge on any atom is -0.490 e. The molecule has 0 atom stereocenters. The zero-order valence-corrected chi connectivity index (χ0v) is 13.0. The number of ether oxygens (including phenoxy) is 2. The van der Waals surface area contributed by atoms with Crippen molar-refractivity contribution >= 4 is 11.9 Å². The molecule has 0 amide bonds. The van der Waals surface area contributed by atoms with Crippen molar-refractivity contribution < 1.29 is 24.2 Å². The summed E-state index contributed by atoms with van der Waals surface area (Å²) >= 11 is 0. The predicted octanol–water partition coefficient (Wildman–Crippen LogP) is 3.19. The Balaban J connectivity index is 1.90. The lowest BCUT2D eigenvalue weighted by atomic mass is 9.87. The molecule has 0 spiro atoms. The molecule has 0 aliphatic heterocycles. The zero-order valence-electron chi connectivity index (χ0n) is 13.0. The van der Waals surface area contributed by atoms with Crippen molar-refractivity contribution in [3.05, 3.63) is 29.3 Å². The average molecular weight is 306 g/mol. The molecule has 22 heavy (non-hydrogen) atoms. The van der Waals surface area contributed by atoms with Crippen LogP contribution in [0.3, 0.4) is 0 Å². The topological polar surface area (TPSA) is 72.8 Å². The van der Waals surface area contributed by atoms with Crippen molar-refractivity contribution in [1.29, 1.82) is 0 Å². The highest BCUT2D eigenvalue weighted by Gasteiger charge is 2.28. The molecule has 1 aromatic carbocycles. The SMILES string of the molecule is CCOC(=O)[C@H]1CC[C@@H](Oc2ccc(C(=O)O)c(C)c2)CC1. The molecule has 5 heteroatoms. The molecule has 0 aromatic heterocycles. The summed E-state index contributed by atoms with van der Waals surface area (Å²) in [4.78, 5) is 22.7. The molecule has 0 bridgehead atoms. The summed E-state index contributed by atoms with van der Waals surface area (Å²) < 4.78 is 11.0. The van der Waals surface area contributed by atoms with Gasteiger partial charge in [-0.3, -0.25) is 4.79 Å². The smallest absolute Gasteiger partial charge is 0.335 e. The summed E-state index contributed by atoms with van der Waals surface area (Å²) in [6, 6.07) is 5.01. The minimum atomic E-state index is -0.931. The van der Waals surface area contributed by atoms with E-state index in [-0.39, 0.29) is 18.0 Å². The van der Waals surface area contributed by atoms with Gasteiger partial charge < -0.3 is 14.6 Å². The number of hydrogen-bond donors (Lipinski definition) is 1. The van der Waals surface area contributed by atoms with Crippen LogP contribution in [0.5, 0.6) is 5.75 Å². The fraction of sp³-hybridized carbons (Fsp3) is 0.529. The number of aryl methyl sites for hydroxylation is 1. The van der Waals surface area contributed by atoms with Crippen LogP contribution in [0.25, 0.3) is 0 Å². The third-order valence-electron chi connectivity index (χ3n) is 4.03. The number of hydrogen-bond acceptors (Lipinski definition) is 4. The van der Waals surface area contributed by atoms with Crippen molar-refractivity contribution in [2.24, 2.45) is 5.92 Å². The number of carboxylic acids is 1. The van der Waals surface area contributed by atoms with E-state index in [1.54, 1.807) is 25.1 Å². The second-order valence-corrected chi connectivity index (χ2v) is 5.63. The molecule has 120 valence electrons. The first-order valence-electron chi connectivity index (χ1n) is 7.68. The second-order valence-electron chi connectivity index (χ2n) is 5.63. The summed E-state index contributed by atoms with van der Waals surface area (Å²) in [5.41, 5.74) is 0.976. The van der Waals surface area contributed by atoms with Crippen molar-refractivity contribution in [1.82, 2.24) is 0 Å². The molecular weight excluding hydrogens is 284 g/mol. The fourth-order valence-corrected chi connectivity index (χ4v) is 2.82. The van der Waals surface area contributed by atoms with Crippen LogP contribution < -0.4 is 4.74 Å². The molecule has 0 saturated heterocycles. The molecule has 1 aromatic rings. The third-order valence-corrected chi connectivity index (χ3v) is 4.03. The van der Waals surface area contributed by atoms with Gasteiger partial charge in [-0.2, -0.15) is 0 Å². The Morgan fingerprint density at radius 2 is 1.91 bits per heavy atom. The number of benzene rings is 1. The van der Waals surface area contributed by atoms with E-state index in [0.717, 1.165) is 25.7 Å². The second kappa shape index (κ2) is 7.29. The van der Waals surface area contributed by atoms with Crippen LogP contribution in [0.15, 0.2) is 18.2 Å². The Morgan fingerprint density at radius 1 is 1.23 bits per heavy atom. The van der Waals surface area contributed by atoms with Gasteiger partial charge in [0.25, 0.3) is 0 Å². The Labute approximate surface area is 130 Å². The number of esters is 1.